The predicted octanol–water partition coefficient (Wildman–Crippen LogP) is 2.45. The summed E-state index contributed by atoms with van der Waals surface area (Å²) in [6.07, 6.45) is 3.15. The average Bonchev–Trinajstić information content (AvgIpc) is 3.38. The summed E-state index contributed by atoms with van der Waals surface area (Å²) in [6, 6.07) is 8.79. The third-order valence-corrected chi connectivity index (χ3v) is 4.94. The highest BCUT2D eigenvalue weighted by atomic mass is 16.2. The second kappa shape index (κ2) is 8.99. The summed E-state index contributed by atoms with van der Waals surface area (Å²) in [5, 5.41) is 7.19. The van der Waals surface area contributed by atoms with Crippen LogP contribution in [0.5, 0.6) is 0 Å². The molecule has 2 atom stereocenters. The topological polar surface area (TPSA) is 74.8 Å². The number of nitrogens with two attached hydrogens (primary N) is 1. The number of carbonyl (C=O) groups is 2. The molecular formula is C20H32N3O2+. The maximum Gasteiger partial charge on any atom is 0.321 e. The fourth-order valence-corrected chi connectivity index (χ4v) is 2.94. The van der Waals surface area contributed by atoms with E-state index < -0.39 is 0 Å². The second-order valence-electron chi connectivity index (χ2n) is 7.48. The van der Waals surface area contributed by atoms with Crippen molar-refractivity contribution in [2.24, 2.45) is 5.92 Å². The molecule has 0 saturated heterocycles. The summed E-state index contributed by atoms with van der Waals surface area (Å²) in [5.74, 6) is 0.703. The van der Waals surface area contributed by atoms with E-state index in [9.17, 15) is 9.59 Å². The quantitative estimate of drug-likeness (QED) is 0.676. The molecule has 1 fully saturated rings. The van der Waals surface area contributed by atoms with Gasteiger partial charge in [0.2, 0.25) is 0 Å². The van der Waals surface area contributed by atoms with Crippen LogP contribution in [0.1, 0.15) is 70.0 Å². The molecule has 5 heteroatoms. The van der Waals surface area contributed by atoms with E-state index in [-0.39, 0.29) is 30.6 Å². The Bertz CT molecular complexity index is 579. The van der Waals surface area contributed by atoms with Crippen molar-refractivity contribution >= 4 is 11.9 Å². The number of quaternary nitrogens is 1. The Kier molecular flexibility index (Phi) is 7.00. The van der Waals surface area contributed by atoms with Gasteiger partial charge in [-0.1, -0.05) is 52.0 Å². The van der Waals surface area contributed by atoms with Gasteiger partial charge in [0.05, 0.1) is 0 Å². The van der Waals surface area contributed by atoms with Crippen LogP contribution in [0.25, 0.3) is 0 Å². The predicted molar refractivity (Wildman–Crippen MR) is 99.2 cm³/mol. The Morgan fingerprint density at radius 1 is 1.12 bits per heavy atom. The summed E-state index contributed by atoms with van der Waals surface area (Å²) in [7, 11) is 0. The van der Waals surface area contributed by atoms with Crippen LogP contribution >= 0.6 is 0 Å². The van der Waals surface area contributed by atoms with Gasteiger partial charge in [-0.15, -0.1) is 0 Å². The highest BCUT2D eigenvalue weighted by Gasteiger charge is 2.25. The summed E-state index contributed by atoms with van der Waals surface area (Å²) in [6.45, 7) is 8.98. The van der Waals surface area contributed by atoms with E-state index in [4.69, 9.17) is 0 Å². The van der Waals surface area contributed by atoms with Gasteiger partial charge < -0.3 is 10.6 Å². The SMILES string of the molecule is CC[C@H](C)c1ccc([C@H]([NH2+]CC(=O)NC(=O)NC2CC2)C(C)C)cc1. The molecule has 1 aliphatic carbocycles. The van der Waals surface area contributed by atoms with Gasteiger partial charge in [0.25, 0.3) is 5.91 Å². The van der Waals surface area contributed by atoms with Crippen molar-refractivity contribution in [3.8, 4) is 0 Å². The van der Waals surface area contributed by atoms with Crippen molar-refractivity contribution in [3.63, 3.8) is 0 Å². The van der Waals surface area contributed by atoms with E-state index in [0.717, 1.165) is 19.3 Å². The summed E-state index contributed by atoms with van der Waals surface area (Å²) >= 11 is 0. The van der Waals surface area contributed by atoms with Crippen LogP contribution in [0, 0.1) is 5.92 Å². The molecule has 5 nitrogen and oxygen atoms in total. The summed E-state index contributed by atoms with van der Waals surface area (Å²) in [5.41, 5.74) is 2.57. The zero-order valence-corrected chi connectivity index (χ0v) is 15.8. The van der Waals surface area contributed by atoms with Crippen molar-refractivity contribution in [1.82, 2.24) is 10.6 Å². The monoisotopic (exact) mass is 346 g/mol. The molecule has 2 rings (SSSR count). The number of benzene rings is 1. The van der Waals surface area contributed by atoms with Gasteiger partial charge in [-0.25, -0.2) is 4.79 Å². The number of carbonyl (C=O) groups excluding carboxylic acids is 2. The Balaban J connectivity index is 1.89. The average molecular weight is 346 g/mol. The molecule has 0 spiro atoms. The van der Waals surface area contributed by atoms with Crippen LogP contribution in [0.15, 0.2) is 24.3 Å². The van der Waals surface area contributed by atoms with Gasteiger partial charge in [-0.05, 0) is 30.7 Å². The molecule has 0 aliphatic heterocycles. The van der Waals surface area contributed by atoms with E-state index in [1.807, 2.05) is 5.32 Å². The van der Waals surface area contributed by atoms with Crippen LogP contribution in [-0.4, -0.2) is 24.5 Å². The van der Waals surface area contributed by atoms with Gasteiger partial charge in [-0.3, -0.25) is 10.1 Å². The molecule has 0 heterocycles. The maximum absolute atomic E-state index is 12.0. The minimum atomic E-state index is -0.375. The van der Waals surface area contributed by atoms with Crippen LogP contribution in [-0.2, 0) is 4.79 Å². The third-order valence-electron chi connectivity index (χ3n) is 4.94. The van der Waals surface area contributed by atoms with Crippen molar-refractivity contribution in [1.29, 1.82) is 0 Å². The third kappa shape index (κ3) is 6.16. The van der Waals surface area contributed by atoms with Gasteiger partial charge in [0.15, 0.2) is 6.54 Å². The lowest BCUT2D eigenvalue weighted by molar-refractivity contribution is -0.692. The van der Waals surface area contributed by atoms with Gasteiger partial charge in [0.1, 0.15) is 6.04 Å². The molecule has 25 heavy (non-hydrogen) atoms. The number of urea groups is 1. The molecule has 138 valence electrons. The molecule has 0 aromatic heterocycles. The lowest BCUT2D eigenvalue weighted by atomic mass is 9.92. The minimum absolute atomic E-state index is 0.197. The smallest absolute Gasteiger partial charge is 0.321 e. The normalized spacial score (nSPS) is 16.4. The van der Waals surface area contributed by atoms with E-state index in [1.165, 1.54) is 11.1 Å². The summed E-state index contributed by atoms with van der Waals surface area (Å²) in [4.78, 5) is 23.6. The van der Waals surface area contributed by atoms with Crippen molar-refractivity contribution in [3.05, 3.63) is 35.4 Å². The van der Waals surface area contributed by atoms with Crippen LogP contribution in [0.4, 0.5) is 4.79 Å². The van der Waals surface area contributed by atoms with Gasteiger partial charge in [0, 0.05) is 17.5 Å². The van der Waals surface area contributed by atoms with Crippen LogP contribution in [0.3, 0.4) is 0 Å². The summed E-state index contributed by atoms with van der Waals surface area (Å²) < 4.78 is 0. The molecule has 0 bridgehead atoms. The number of hydrogen-bond donors (Lipinski definition) is 3. The molecule has 1 aromatic carbocycles. The lowest BCUT2D eigenvalue weighted by Crippen LogP contribution is -2.88. The van der Waals surface area contributed by atoms with Gasteiger partial charge in [-0.2, -0.15) is 0 Å². The first-order valence-electron chi connectivity index (χ1n) is 9.44. The molecule has 0 radical (unpaired) electrons. The number of rotatable bonds is 8. The van der Waals surface area contributed by atoms with Crippen molar-refractivity contribution < 1.29 is 14.9 Å². The van der Waals surface area contributed by atoms with Crippen LogP contribution < -0.4 is 16.0 Å². The van der Waals surface area contributed by atoms with E-state index in [0.29, 0.717) is 11.8 Å². The number of hydrogen-bond acceptors (Lipinski definition) is 2. The fourth-order valence-electron chi connectivity index (χ4n) is 2.94. The highest BCUT2D eigenvalue weighted by molar-refractivity contribution is 5.94. The van der Waals surface area contributed by atoms with E-state index in [1.54, 1.807) is 0 Å². The Labute approximate surface area is 151 Å². The molecular weight excluding hydrogens is 314 g/mol. The molecule has 0 unspecified atom stereocenters. The lowest BCUT2D eigenvalue weighted by Gasteiger charge is -2.20. The van der Waals surface area contributed by atoms with Crippen LogP contribution in [0.2, 0.25) is 0 Å². The molecule has 1 saturated carbocycles. The van der Waals surface area contributed by atoms with Crippen molar-refractivity contribution in [2.45, 2.75) is 65.0 Å². The number of amides is 3. The highest BCUT2D eigenvalue weighted by Crippen LogP contribution is 2.23. The molecule has 1 aromatic rings. The minimum Gasteiger partial charge on any atom is -0.335 e. The van der Waals surface area contributed by atoms with E-state index in [2.05, 4.69) is 62.6 Å². The largest absolute Gasteiger partial charge is 0.335 e. The standard InChI is InChI=1S/C20H31N3O2/c1-5-14(4)15-6-8-16(9-7-15)19(13(2)3)21-12-18(24)23-20(25)22-17-10-11-17/h6-9,13-14,17,19,21H,5,10-12H2,1-4H3,(H2,22,23,24,25)/p+1/t14-,19+/m0/s1. The zero-order valence-electron chi connectivity index (χ0n) is 15.8. The number of nitrogens with one attached hydrogen (secondary N) is 2. The fraction of sp³-hybridized carbons (Fsp3) is 0.600. The maximum atomic E-state index is 12.0. The van der Waals surface area contributed by atoms with E-state index >= 15 is 0 Å². The second-order valence-corrected chi connectivity index (χ2v) is 7.48. The Morgan fingerprint density at radius 2 is 1.72 bits per heavy atom. The van der Waals surface area contributed by atoms with Gasteiger partial charge >= 0.3 is 6.03 Å². The molecule has 4 N–H and O–H groups in total. The Morgan fingerprint density at radius 3 is 2.24 bits per heavy atom. The first-order chi connectivity index (χ1) is 11.9. The number of imide groups is 1. The first-order valence-corrected chi connectivity index (χ1v) is 9.44. The Hall–Kier alpha value is -1.88. The first kappa shape index (κ1) is 19.4. The molecule has 1 aliphatic rings. The molecule has 3 amide bonds. The van der Waals surface area contributed by atoms with Crippen molar-refractivity contribution in [2.75, 3.05) is 6.54 Å². The zero-order chi connectivity index (χ0) is 18.4.